The molecule has 3 N–H and O–H groups in total. The number of hydrogen-bond donors (Lipinski definition) is 3. The van der Waals surface area contributed by atoms with Gasteiger partial charge in [-0.1, -0.05) is 24.3 Å². The summed E-state index contributed by atoms with van der Waals surface area (Å²) in [7, 11) is -2.16. The van der Waals surface area contributed by atoms with Crippen LogP contribution >= 0.6 is 0 Å². The number of piperazine rings is 1. The van der Waals surface area contributed by atoms with Gasteiger partial charge in [-0.3, -0.25) is 19.8 Å². The Labute approximate surface area is 319 Å². The molecule has 3 aromatic carbocycles. The number of piperidine rings is 1. The smallest absolute Gasteiger partial charge is 0.293 e. The standard InChI is InChI=1S/C41H54N6O6S/c1-29-6-4-5-7-35(29)38-28-44(3)22-23-46(38)33-25-41(26-33)18-20-45(21-19-41)32-10-8-31(9-11-32)39(48)43-54(52,53)34-12-13-36(37(24-34)47(50)51)42-27-30-14-16-40(2,49)17-15-30/h4-13,24,30,33,38,42,49H,14-23,25-28H2,1-3H3,(H,43,48)/t30?,38-,40?/m1/s1. The Bertz CT molecular complexity index is 1940. The second-order valence-corrected chi connectivity index (χ2v) is 18.3. The van der Waals surface area contributed by atoms with E-state index in [0.29, 0.717) is 36.9 Å². The van der Waals surface area contributed by atoms with E-state index in [2.05, 4.69) is 63.0 Å². The maximum Gasteiger partial charge on any atom is 0.293 e. The Morgan fingerprint density at radius 3 is 2.31 bits per heavy atom. The Morgan fingerprint density at radius 2 is 1.65 bits per heavy atom. The van der Waals surface area contributed by atoms with E-state index in [0.717, 1.165) is 70.2 Å². The van der Waals surface area contributed by atoms with Gasteiger partial charge in [0.05, 0.1) is 15.4 Å². The van der Waals surface area contributed by atoms with Gasteiger partial charge in [-0.15, -0.1) is 0 Å². The maximum absolute atomic E-state index is 13.2. The number of aryl methyl sites for hydroxylation is 1. The van der Waals surface area contributed by atoms with Gasteiger partial charge in [0, 0.05) is 68.7 Å². The van der Waals surface area contributed by atoms with Crippen LogP contribution in [-0.4, -0.2) is 92.1 Å². The number of carbonyl (C=O) groups is 1. The van der Waals surface area contributed by atoms with E-state index in [9.17, 15) is 28.4 Å². The van der Waals surface area contributed by atoms with Gasteiger partial charge in [0.2, 0.25) is 0 Å². The monoisotopic (exact) mass is 758 g/mol. The molecule has 7 rings (SSSR count). The number of rotatable bonds is 10. The predicted octanol–water partition coefficient (Wildman–Crippen LogP) is 6.11. The van der Waals surface area contributed by atoms with Crippen molar-refractivity contribution >= 4 is 33.0 Å². The normalized spacial score (nSPS) is 25.2. The second-order valence-electron chi connectivity index (χ2n) is 16.7. The minimum absolute atomic E-state index is 0.187. The van der Waals surface area contributed by atoms with Crippen LogP contribution < -0.4 is 14.9 Å². The van der Waals surface area contributed by atoms with Crippen LogP contribution in [0.25, 0.3) is 0 Å². The molecule has 4 aliphatic rings. The van der Waals surface area contributed by atoms with Crippen molar-refractivity contribution in [3.63, 3.8) is 0 Å². The molecule has 54 heavy (non-hydrogen) atoms. The summed E-state index contributed by atoms with van der Waals surface area (Å²) in [6.45, 7) is 9.64. The molecule has 0 bridgehead atoms. The largest absolute Gasteiger partial charge is 0.390 e. The number of carbonyl (C=O) groups excluding carboxylic acids is 1. The van der Waals surface area contributed by atoms with Crippen LogP contribution in [0.15, 0.2) is 71.6 Å². The van der Waals surface area contributed by atoms with E-state index >= 15 is 0 Å². The molecule has 1 spiro atoms. The van der Waals surface area contributed by atoms with E-state index in [1.54, 1.807) is 12.1 Å². The third-order valence-corrected chi connectivity index (χ3v) is 14.1. The predicted molar refractivity (Wildman–Crippen MR) is 210 cm³/mol. The number of amides is 1. The zero-order valence-electron chi connectivity index (χ0n) is 31.7. The van der Waals surface area contributed by atoms with Crippen LogP contribution in [0, 0.1) is 28.4 Å². The van der Waals surface area contributed by atoms with Gasteiger partial charge in [-0.2, -0.15) is 0 Å². The van der Waals surface area contributed by atoms with Crippen molar-refractivity contribution in [2.75, 3.05) is 56.5 Å². The SMILES string of the molecule is Cc1ccccc1[C@H]1CN(C)CCN1C1CC2(CCN(c3ccc(C(=O)NS(=O)(=O)c4ccc(NCC5CCC(C)(O)CC5)c([N+](=O)[O-])c4)cc3)CC2)C1. The molecule has 12 nitrogen and oxygen atoms in total. The van der Waals surface area contributed by atoms with Gasteiger partial charge in [0.25, 0.3) is 21.6 Å². The van der Waals surface area contributed by atoms with Crippen molar-refractivity contribution in [1.29, 1.82) is 0 Å². The quantitative estimate of drug-likeness (QED) is 0.163. The molecule has 2 saturated heterocycles. The third-order valence-electron chi connectivity index (χ3n) is 12.8. The lowest BCUT2D eigenvalue weighted by Gasteiger charge is -2.58. The molecule has 1 atom stereocenters. The lowest BCUT2D eigenvalue weighted by atomic mass is 9.59. The van der Waals surface area contributed by atoms with Crippen LogP contribution in [0.1, 0.15) is 85.8 Å². The van der Waals surface area contributed by atoms with Gasteiger partial charge < -0.3 is 20.2 Å². The first kappa shape index (κ1) is 38.2. The molecule has 3 aromatic rings. The summed E-state index contributed by atoms with van der Waals surface area (Å²) in [5.41, 5.74) is 3.51. The number of aliphatic hydroxyl groups is 1. The summed E-state index contributed by atoms with van der Waals surface area (Å²) in [4.78, 5) is 31.6. The van der Waals surface area contributed by atoms with Crippen LogP contribution in [0.5, 0.6) is 0 Å². The van der Waals surface area contributed by atoms with E-state index < -0.39 is 26.5 Å². The molecule has 0 aromatic heterocycles. The van der Waals surface area contributed by atoms with E-state index in [4.69, 9.17) is 0 Å². The highest BCUT2D eigenvalue weighted by molar-refractivity contribution is 7.90. The molecule has 0 unspecified atom stereocenters. The van der Waals surface area contributed by atoms with E-state index in [-0.39, 0.29) is 27.8 Å². The first-order chi connectivity index (χ1) is 25.7. The summed E-state index contributed by atoms with van der Waals surface area (Å²) in [5, 5.41) is 25.2. The lowest BCUT2D eigenvalue weighted by Crippen LogP contribution is -2.59. The van der Waals surface area contributed by atoms with E-state index in [1.165, 1.54) is 36.1 Å². The number of anilines is 2. The summed E-state index contributed by atoms with van der Waals surface area (Å²) in [6, 6.07) is 20.4. The van der Waals surface area contributed by atoms with Gasteiger partial charge in [0.1, 0.15) is 5.69 Å². The molecule has 2 aliphatic heterocycles. The molecule has 1 amide bonds. The number of nitrogens with one attached hydrogen (secondary N) is 2. The van der Waals surface area contributed by atoms with Crippen molar-refractivity contribution < 1.29 is 23.2 Å². The first-order valence-corrected chi connectivity index (χ1v) is 20.9. The fourth-order valence-corrected chi connectivity index (χ4v) is 10.2. The van der Waals surface area contributed by atoms with Crippen LogP contribution in [0.2, 0.25) is 0 Å². The molecule has 13 heteroatoms. The summed E-state index contributed by atoms with van der Waals surface area (Å²) in [5.74, 6) is -0.558. The Morgan fingerprint density at radius 1 is 0.963 bits per heavy atom. The van der Waals surface area contributed by atoms with Gasteiger partial charge in [-0.25, -0.2) is 13.1 Å². The number of hydrogen-bond acceptors (Lipinski definition) is 10. The first-order valence-electron chi connectivity index (χ1n) is 19.4. The molecule has 0 radical (unpaired) electrons. The minimum Gasteiger partial charge on any atom is -0.390 e. The van der Waals surface area contributed by atoms with Crippen molar-refractivity contribution in [2.24, 2.45) is 11.3 Å². The molecule has 2 aliphatic carbocycles. The molecule has 4 fully saturated rings. The molecule has 290 valence electrons. The maximum atomic E-state index is 13.2. The number of nitrogens with zero attached hydrogens (tertiary/aromatic N) is 4. The highest BCUT2D eigenvalue weighted by atomic mass is 32.2. The van der Waals surface area contributed by atoms with Crippen molar-refractivity contribution in [2.45, 2.75) is 87.8 Å². The number of benzene rings is 3. The lowest BCUT2D eigenvalue weighted by molar-refractivity contribution is -0.384. The highest BCUT2D eigenvalue weighted by Gasteiger charge is 2.49. The van der Waals surface area contributed by atoms with Gasteiger partial charge in [0.15, 0.2) is 0 Å². The highest BCUT2D eigenvalue weighted by Crippen LogP contribution is 2.53. The number of nitro groups is 1. The van der Waals surface area contributed by atoms with Crippen LogP contribution in [0.3, 0.4) is 0 Å². The summed E-state index contributed by atoms with van der Waals surface area (Å²) >= 11 is 0. The Balaban J connectivity index is 0.920. The fourth-order valence-electron chi connectivity index (χ4n) is 9.23. The fraction of sp³-hybridized carbons (Fsp3) is 0.537. The minimum atomic E-state index is -4.38. The van der Waals surface area contributed by atoms with Gasteiger partial charge in [-0.05, 0) is 131 Å². The Kier molecular flexibility index (Phi) is 10.8. The van der Waals surface area contributed by atoms with Crippen LogP contribution in [-0.2, 0) is 10.0 Å². The zero-order valence-corrected chi connectivity index (χ0v) is 32.5. The van der Waals surface area contributed by atoms with Crippen molar-refractivity contribution in [3.8, 4) is 0 Å². The molecule has 2 saturated carbocycles. The number of nitro benzene ring substituents is 1. The molecular formula is C41H54N6O6S. The summed E-state index contributed by atoms with van der Waals surface area (Å²) < 4.78 is 28.5. The average Bonchev–Trinajstić information content (AvgIpc) is 3.13. The second kappa shape index (κ2) is 15.2. The number of likely N-dealkylation sites (N-methyl/N-ethyl adjacent to an activating group) is 1. The molecular weight excluding hydrogens is 705 g/mol. The van der Waals surface area contributed by atoms with Crippen molar-refractivity contribution in [1.82, 2.24) is 14.5 Å². The molecule has 2 heterocycles. The zero-order chi connectivity index (χ0) is 38.3. The average molecular weight is 759 g/mol. The Hall–Kier alpha value is -4.04. The summed E-state index contributed by atoms with van der Waals surface area (Å²) in [6.07, 6.45) is 7.61. The third kappa shape index (κ3) is 8.29. The van der Waals surface area contributed by atoms with Crippen molar-refractivity contribution in [3.05, 3.63) is 93.5 Å². The number of sulfonamides is 1. The van der Waals surface area contributed by atoms with Gasteiger partial charge >= 0.3 is 0 Å². The van der Waals surface area contributed by atoms with Crippen LogP contribution in [0.4, 0.5) is 17.1 Å². The topological polar surface area (TPSA) is 148 Å². The van der Waals surface area contributed by atoms with E-state index in [1.807, 2.05) is 19.1 Å².